The molecule has 0 fully saturated rings. The van der Waals surface area contributed by atoms with Gasteiger partial charge >= 0.3 is 0 Å². The summed E-state index contributed by atoms with van der Waals surface area (Å²) < 4.78 is 25.2. The highest BCUT2D eigenvalue weighted by atomic mass is 19.3. The molecule has 1 aliphatic carbocycles. The van der Waals surface area contributed by atoms with Crippen LogP contribution in [-0.2, 0) is 0 Å². The van der Waals surface area contributed by atoms with Gasteiger partial charge in [-0.05, 0) is 25.3 Å². The quantitative estimate of drug-likeness (QED) is 0.541. The number of alkyl halides is 2. The van der Waals surface area contributed by atoms with E-state index in [4.69, 9.17) is 5.11 Å². The third-order valence-electron chi connectivity index (χ3n) is 1.84. The molecule has 0 heterocycles. The molecule has 1 unspecified atom stereocenters. The fourth-order valence-corrected chi connectivity index (χ4v) is 1.13. The van der Waals surface area contributed by atoms with Crippen molar-refractivity contribution in [3.8, 4) is 0 Å². The molecule has 3 heteroatoms. The van der Waals surface area contributed by atoms with Crippen LogP contribution in [-0.4, -0.2) is 17.1 Å². The Labute approximate surface area is 64.7 Å². The molecule has 0 spiro atoms. The van der Waals surface area contributed by atoms with Gasteiger partial charge in [0.05, 0.1) is 6.10 Å². The highest BCUT2D eigenvalue weighted by molar-refractivity contribution is 4.96. The van der Waals surface area contributed by atoms with Crippen LogP contribution in [0, 0.1) is 0 Å². The van der Waals surface area contributed by atoms with Gasteiger partial charge in [-0.25, -0.2) is 8.78 Å². The summed E-state index contributed by atoms with van der Waals surface area (Å²) in [5.74, 6) is -2.71. The van der Waals surface area contributed by atoms with E-state index >= 15 is 0 Å². The van der Waals surface area contributed by atoms with Gasteiger partial charge in [0, 0.05) is 6.42 Å². The number of hydrogen-bond donors (Lipinski definition) is 1. The highest BCUT2D eigenvalue weighted by Gasteiger charge is 2.26. The second-order valence-electron chi connectivity index (χ2n) is 2.93. The Kier molecular flexibility index (Phi) is 2.60. The standard InChI is InChI=1S/C8H12F2O/c9-8(10)5-2-1-3-7(11)4-6-8/h2,5,7,11H,1,3-4,6H2/b5-2-. The zero-order valence-corrected chi connectivity index (χ0v) is 6.26. The maximum Gasteiger partial charge on any atom is 0.266 e. The number of allylic oxidation sites excluding steroid dienone is 2. The zero-order chi connectivity index (χ0) is 8.32. The van der Waals surface area contributed by atoms with Crippen LogP contribution in [0.25, 0.3) is 0 Å². The van der Waals surface area contributed by atoms with Crippen molar-refractivity contribution in [2.45, 2.75) is 37.7 Å². The van der Waals surface area contributed by atoms with Crippen molar-refractivity contribution in [1.82, 2.24) is 0 Å². The van der Waals surface area contributed by atoms with Gasteiger partial charge in [-0.1, -0.05) is 6.08 Å². The Morgan fingerprint density at radius 2 is 2.09 bits per heavy atom. The Balaban J connectivity index is 2.53. The fourth-order valence-electron chi connectivity index (χ4n) is 1.13. The second kappa shape index (κ2) is 3.30. The smallest absolute Gasteiger partial charge is 0.266 e. The molecule has 64 valence electrons. The SMILES string of the molecule is OC1CC/C=C\C(F)(F)CC1. The maximum atomic E-state index is 12.6. The van der Waals surface area contributed by atoms with Gasteiger partial charge in [0.25, 0.3) is 5.92 Å². The first kappa shape index (κ1) is 8.65. The molecule has 0 bridgehead atoms. The van der Waals surface area contributed by atoms with Crippen LogP contribution in [0.5, 0.6) is 0 Å². The van der Waals surface area contributed by atoms with Gasteiger partial charge in [-0.2, -0.15) is 0 Å². The van der Waals surface area contributed by atoms with Gasteiger partial charge in [-0.3, -0.25) is 0 Å². The average Bonchev–Trinajstić information content (AvgIpc) is 1.92. The molecule has 0 aromatic rings. The number of hydrogen-bond acceptors (Lipinski definition) is 1. The van der Waals surface area contributed by atoms with Crippen molar-refractivity contribution in [3.63, 3.8) is 0 Å². The molecule has 0 saturated carbocycles. The summed E-state index contributed by atoms with van der Waals surface area (Å²) in [6.45, 7) is 0. The van der Waals surface area contributed by atoms with Crippen LogP contribution in [0.4, 0.5) is 8.78 Å². The molecule has 0 aromatic heterocycles. The van der Waals surface area contributed by atoms with E-state index in [1.54, 1.807) is 0 Å². The van der Waals surface area contributed by atoms with E-state index in [1.807, 2.05) is 0 Å². The highest BCUT2D eigenvalue weighted by Crippen LogP contribution is 2.26. The largest absolute Gasteiger partial charge is 0.393 e. The summed E-state index contributed by atoms with van der Waals surface area (Å²) in [5.41, 5.74) is 0. The van der Waals surface area contributed by atoms with E-state index in [9.17, 15) is 8.78 Å². The van der Waals surface area contributed by atoms with Crippen molar-refractivity contribution in [3.05, 3.63) is 12.2 Å². The minimum Gasteiger partial charge on any atom is -0.393 e. The van der Waals surface area contributed by atoms with E-state index in [0.717, 1.165) is 6.08 Å². The number of halogens is 2. The predicted molar refractivity (Wildman–Crippen MR) is 38.6 cm³/mol. The zero-order valence-electron chi connectivity index (χ0n) is 6.26. The van der Waals surface area contributed by atoms with Gasteiger partial charge < -0.3 is 5.11 Å². The number of aliphatic hydroxyl groups is 1. The molecular weight excluding hydrogens is 150 g/mol. The van der Waals surface area contributed by atoms with Crippen LogP contribution >= 0.6 is 0 Å². The van der Waals surface area contributed by atoms with Gasteiger partial charge in [0.15, 0.2) is 0 Å². The minimum absolute atomic E-state index is 0.206. The van der Waals surface area contributed by atoms with Crippen LogP contribution in [0.2, 0.25) is 0 Å². The molecule has 0 aromatic carbocycles. The van der Waals surface area contributed by atoms with E-state index in [0.29, 0.717) is 12.8 Å². The van der Waals surface area contributed by atoms with Crippen molar-refractivity contribution in [2.75, 3.05) is 0 Å². The third-order valence-corrected chi connectivity index (χ3v) is 1.84. The third kappa shape index (κ3) is 2.97. The lowest BCUT2D eigenvalue weighted by Crippen LogP contribution is -2.18. The van der Waals surface area contributed by atoms with Crippen molar-refractivity contribution in [1.29, 1.82) is 0 Å². The fraction of sp³-hybridized carbons (Fsp3) is 0.750. The summed E-state index contributed by atoms with van der Waals surface area (Å²) in [5, 5.41) is 9.08. The molecular formula is C8H12F2O. The van der Waals surface area contributed by atoms with E-state index in [2.05, 4.69) is 0 Å². The van der Waals surface area contributed by atoms with Crippen molar-refractivity contribution >= 4 is 0 Å². The summed E-state index contributed by atoms with van der Waals surface area (Å²) in [6, 6.07) is 0. The van der Waals surface area contributed by atoms with Crippen LogP contribution in [0.3, 0.4) is 0 Å². The molecule has 11 heavy (non-hydrogen) atoms. The van der Waals surface area contributed by atoms with Crippen molar-refractivity contribution < 1.29 is 13.9 Å². The Morgan fingerprint density at radius 1 is 1.36 bits per heavy atom. The minimum atomic E-state index is -2.71. The van der Waals surface area contributed by atoms with Crippen molar-refractivity contribution in [2.24, 2.45) is 0 Å². The first-order valence-electron chi connectivity index (χ1n) is 3.84. The van der Waals surface area contributed by atoms with E-state index in [-0.39, 0.29) is 12.8 Å². The molecule has 1 N–H and O–H groups in total. The van der Waals surface area contributed by atoms with Crippen LogP contribution < -0.4 is 0 Å². The number of rotatable bonds is 0. The molecule has 0 radical (unpaired) electrons. The van der Waals surface area contributed by atoms with E-state index in [1.165, 1.54) is 6.08 Å². The van der Waals surface area contributed by atoms with Gasteiger partial charge in [0.2, 0.25) is 0 Å². The van der Waals surface area contributed by atoms with Crippen LogP contribution in [0.15, 0.2) is 12.2 Å². The summed E-state index contributed by atoms with van der Waals surface area (Å²) in [7, 11) is 0. The molecule has 0 aliphatic heterocycles. The van der Waals surface area contributed by atoms with Crippen LogP contribution in [0.1, 0.15) is 25.7 Å². The molecule has 0 saturated heterocycles. The number of aliphatic hydroxyl groups excluding tert-OH is 1. The second-order valence-corrected chi connectivity index (χ2v) is 2.93. The lowest BCUT2D eigenvalue weighted by molar-refractivity contribution is 0.0222. The molecule has 1 nitrogen and oxygen atoms in total. The summed E-state index contributed by atoms with van der Waals surface area (Å²) in [6.07, 6.45) is 2.97. The average molecular weight is 162 g/mol. The monoisotopic (exact) mass is 162 g/mol. The maximum absolute atomic E-state index is 12.6. The van der Waals surface area contributed by atoms with Gasteiger partial charge in [0.1, 0.15) is 0 Å². The molecule has 1 rings (SSSR count). The molecule has 1 atom stereocenters. The normalized spacial score (nSPS) is 33.9. The summed E-state index contributed by atoms with van der Waals surface area (Å²) >= 11 is 0. The Bertz CT molecular complexity index is 154. The topological polar surface area (TPSA) is 20.2 Å². The molecule has 1 aliphatic rings. The predicted octanol–water partition coefficient (Wildman–Crippen LogP) is 2.11. The Morgan fingerprint density at radius 3 is 2.82 bits per heavy atom. The lowest BCUT2D eigenvalue weighted by atomic mass is 10.0. The molecule has 0 amide bonds. The van der Waals surface area contributed by atoms with Gasteiger partial charge in [-0.15, -0.1) is 0 Å². The lowest BCUT2D eigenvalue weighted by Gasteiger charge is -2.17. The van der Waals surface area contributed by atoms with E-state index < -0.39 is 12.0 Å². The first-order chi connectivity index (χ1) is 5.10. The first-order valence-corrected chi connectivity index (χ1v) is 3.84. The Hall–Kier alpha value is -0.440. The summed E-state index contributed by atoms with van der Waals surface area (Å²) in [4.78, 5) is 0.